The third-order valence-corrected chi connectivity index (χ3v) is 12.9. The van der Waals surface area contributed by atoms with Crippen molar-refractivity contribution in [1.29, 1.82) is 0 Å². The highest BCUT2D eigenvalue weighted by atomic mass is 28.4. The van der Waals surface area contributed by atoms with Gasteiger partial charge >= 0.3 is 0 Å². The van der Waals surface area contributed by atoms with Crippen molar-refractivity contribution in [3.05, 3.63) is 23.5 Å². The Labute approximate surface area is 180 Å². The van der Waals surface area contributed by atoms with Crippen LogP contribution in [0.1, 0.15) is 87.0 Å². The topological polar surface area (TPSA) is 46.5 Å². The van der Waals surface area contributed by atoms with Crippen LogP contribution in [0, 0.1) is 16.7 Å². The number of aliphatic hydroxyl groups excluding tert-OH is 1. The van der Waals surface area contributed by atoms with Crippen LogP contribution >= 0.6 is 0 Å². The predicted octanol–water partition coefficient (Wildman–Crippen LogP) is 7.35. The van der Waals surface area contributed by atoms with Gasteiger partial charge in [-0.15, -0.1) is 0 Å². The summed E-state index contributed by atoms with van der Waals surface area (Å²) < 4.78 is 7.04. The Morgan fingerprint density at radius 1 is 1.24 bits per heavy atom. The van der Waals surface area contributed by atoms with E-state index in [0.29, 0.717) is 17.9 Å². The maximum atomic E-state index is 13.3. The molecule has 0 bridgehead atoms. The molecule has 2 aliphatic carbocycles. The number of hydrogen-bond acceptors (Lipinski definition) is 3. The number of ketones is 1. The van der Waals surface area contributed by atoms with Crippen molar-refractivity contribution < 1.29 is 14.3 Å². The molecule has 2 saturated carbocycles. The normalized spacial score (nSPS) is 34.8. The number of aliphatic hydroxyl groups is 1. The molecule has 0 aromatic rings. The van der Waals surface area contributed by atoms with Gasteiger partial charge in [0.15, 0.2) is 14.1 Å². The first kappa shape index (κ1) is 24.4. The molecule has 1 N–H and O–H groups in total. The van der Waals surface area contributed by atoms with Crippen molar-refractivity contribution in [2.24, 2.45) is 16.7 Å². The van der Waals surface area contributed by atoms with Gasteiger partial charge in [0.25, 0.3) is 0 Å². The van der Waals surface area contributed by atoms with Crippen LogP contribution in [0.4, 0.5) is 0 Å². The van der Waals surface area contributed by atoms with Crippen LogP contribution in [0.5, 0.6) is 0 Å². The monoisotopic (exact) mass is 420 g/mol. The Kier molecular flexibility index (Phi) is 7.01. The van der Waals surface area contributed by atoms with E-state index in [2.05, 4.69) is 67.6 Å². The predicted molar refractivity (Wildman–Crippen MR) is 125 cm³/mol. The Balaban J connectivity index is 2.43. The molecular formula is C25H44O3Si. The summed E-state index contributed by atoms with van der Waals surface area (Å²) in [4.78, 5) is 13.3. The average Bonchev–Trinajstić information content (AvgIpc) is 2.58. The summed E-state index contributed by atoms with van der Waals surface area (Å²) in [7, 11) is -1.91. The maximum Gasteiger partial charge on any atom is 0.192 e. The molecule has 2 aliphatic rings. The van der Waals surface area contributed by atoms with Crippen LogP contribution in [-0.2, 0) is 9.22 Å². The summed E-state index contributed by atoms with van der Waals surface area (Å²) in [5.41, 5.74) is 1.53. The van der Waals surface area contributed by atoms with E-state index >= 15 is 0 Å². The van der Waals surface area contributed by atoms with Gasteiger partial charge in [-0.2, -0.15) is 0 Å². The zero-order valence-electron chi connectivity index (χ0n) is 20.3. The highest BCUT2D eigenvalue weighted by molar-refractivity contribution is 6.74. The second-order valence-electron chi connectivity index (χ2n) is 11.7. The van der Waals surface area contributed by atoms with Crippen molar-refractivity contribution in [3.8, 4) is 0 Å². The molecular weight excluding hydrogens is 376 g/mol. The van der Waals surface area contributed by atoms with Crippen molar-refractivity contribution in [3.63, 3.8) is 0 Å². The number of allylic oxidation sites excluding steroid dienone is 3. The molecule has 4 atom stereocenters. The summed E-state index contributed by atoms with van der Waals surface area (Å²) in [6.45, 7) is 20.4. The first-order valence-electron chi connectivity index (χ1n) is 11.4. The first-order valence-corrected chi connectivity index (χ1v) is 14.3. The standard InChI is InChI=1S/C25H44O3Si/c1-18(2)11-10-15-24(6)20-13-12-19(17-26)22(27)25(20,7)16-14-21(24)28-29(8,9)23(3,4)5/h11,17,20-21,26H,10,12-16H2,1-9H3/b19-17+/t20-,21-,24-,25-/m0/s1. The molecule has 0 saturated heterocycles. The number of hydrogen-bond donors (Lipinski definition) is 1. The zero-order chi connectivity index (χ0) is 22.3. The fourth-order valence-corrected chi connectivity index (χ4v) is 6.90. The van der Waals surface area contributed by atoms with Crippen LogP contribution < -0.4 is 0 Å². The van der Waals surface area contributed by atoms with E-state index in [9.17, 15) is 9.90 Å². The van der Waals surface area contributed by atoms with E-state index in [1.807, 2.05) is 0 Å². The molecule has 0 aliphatic heterocycles. The molecule has 3 nitrogen and oxygen atoms in total. The Morgan fingerprint density at radius 3 is 2.38 bits per heavy atom. The fraction of sp³-hybridized carbons (Fsp3) is 0.800. The highest BCUT2D eigenvalue weighted by Crippen LogP contribution is 2.60. The molecule has 29 heavy (non-hydrogen) atoms. The summed E-state index contributed by atoms with van der Waals surface area (Å²) >= 11 is 0. The molecule has 2 rings (SSSR count). The molecule has 0 radical (unpaired) electrons. The SMILES string of the molecule is CC(C)=CCC[C@]1(C)[C@@H](O[Si](C)(C)C(C)(C)C)CC[C@]2(C)C(=O)/C(=C/O)CC[C@@H]12. The fourth-order valence-electron chi connectivity index (χ4n) is 5.44. The van der Waals surface area contributed by atoms with Crippen LogP contribution in [-0.4, -0.2) is 25.3 Å². The molecule has 0 amide bonds. The minimum atomic E-state index is -1.91. The van der Waals surface area contributed by atoms with Gasteiger partial charge in [0.2, 0.25) is 0 Å². The summed E-state index contributed by atoms with van der Waals surface area (Å²) in [5.74, 6) is 0.454. The van der Waals surface area contributed by atoms with E-state index in [4.69, 9.17) is 4.43 Å². The van der Waals surface area contributed by atoms with E-state index in [0.717, 1.165) is 38.4 Å². The lowest BCUT2D eigenvalue weighted by molar-refractivity contribution is -0.151. The lowest BCUT2D eigenvalue weighted by atomic mass is 9.48. The molecule has 0 aromatic heterocycles. The van der Waals surface area contributed by atoms with Crippen molar-refractivity contribution in [1.82, 2.24) is 0 Å². The third kappa shape index (κ3) is 4.58. The number of fused-ring (bicyclic) bond motifs is 1. The Bertz CT molecular complexity index is 681. The summed E-state index contributed by atoms with van der Waals surface area (Å²) in [6, 6.07) is 0. The van der Waals surface area contributed by atoms with Crippen LogP contribution in [0.3, 0.4) is 0 Å². The smallest absolute Gasteiger partial charge is 0.192 e. The van der Waals surface area contributed by atoms with Crippen LogP contribution in [0.15, 0.2) is 23.5 Å². The minimum Gasteiger partial charge on any atom is -0.515 e. The van der Waals surface area contributed by atoms with Gasteiger partial charge in [-0.1, -0.05) is 46.3 Å². The molecule has 4 heteroatoms. The zero-order valence-corrected chi connectivity index (χ0v) is 21.3. The average molecular weight is 421 g/mol. The van der Waals surface area contributed by atoms with Crippen molar-refractivity contribution >= 4 is 14.1 Å². The van der Waals surface area contributed by atoms with E-state index in [1.165, 1.54) is 5.57 Å². The number of Topliss-reactive ketones (excluding diaryl/α,β-unsaturated/α-hetero) is 1. The van der Waals surface area contributed by atoms with Crippen LogP contribution in [0.25, 0.3) is 0 Å². The number of carbonyl (C=O) groups is 1. The maximum absolute atomic E-state index is 13.3. The molecule has 0 unspecified atom stereocenters. The Hall–Kier alpha value is -0.873. The second-order valence-corrected chi connectivity index (χ2v) is 16.5. The Morgan fingerprint density at radius 2 is 1.86 bits per heavy atom. The third-order valence-electron chi connectivity index (χ3n) is 8.37. The van der Waals surface area contributed by atoms with Crippen molar-refractivity contribution in [2.45, 2.75) is 111 Å². The van der Waals surface area contributed by atoms with Gasteiger partial charge in [-0.3, -0.25) is 4.79 Å². The van der Waals surface area contributed by atoms with Crippen molar-refractivity contribution in [2.75, 3.05) is 0 Å². The number of rotatable bonds is 5. The van der Waals surface area contributed by atoms with Gasteiger partial charge in [-0.05, 0) is 81.8 Å². The van der Waals surface area contributed by atoms with E-state index in [-0.39, 0.29) is 27.8 Å². The van der Waals surface area contributed by atoms with Gasteiger partial charge in [0, 0.05) is 11.0 Å². The van der Waals surface area contributed by atoms with E-state index < -0.39 is 8.32 Å². The molecule has 166 valence electrons. The molecule has 0 spiro atoms. The molecule has 0 aromatic carbocycles. The largest absolute Gasteiger partial charge is 0.515 e. The van der Waals surface area contributed by atoms with Gasteiger partial charge in [0.1, 0.15) is 0 Å². The van der Waals surface area contributed by atoms with E-state index in [1.54, 1.807) is 0 Å². The summed E-state index contributed by atoms with van der Waals surface area (Å²) in [5, 5.41) is 9.75. The minimum absolute atomic E-state index is 0.0366. The van der Waals surface area contributed by atoms with Gasteiger partial charge in [-0.25, -0.2) is 0 Å². The quantitative estimate of drug-likeness (QED) is 0.219. The number of carbonyl (C=O) groups excluding carboxylic acids is 1. The lowest BCUT2D eigenvalue weighted by Gasteiger charge is -2.59. The van der Waals surface area contributed by atoms with Gasteiger partial charge in [0.05, 0.1) is 12.4 Å². The van der Waals surface area contributed by atoms with Gasteiger partial charge < -0.3 is 9.53 Å². The molecule has 0 heterocycles. The lowest BCUT2D eigenvalue weighted by Crippen LogP contribution is -2.59. The summed E-state index contributed by atoms with van der Waals surface area (Å²) in [6.07, 6.45) is 9.06. The highest BCUT2D eigenvalue weighted by Gasteiger charge is 2.59. The second kappa shape index (κ2) is 8.34. The first-order chi connectivity index (χ1) is 13.2. The van der Waals surface area contributed by atoms with Crippen LogP contribution in [0.2, 0.25) is 18.1 Å². The molecule has 2 fully saturated rings.